The minimum absolute atomic E-state index is 0.155. The number of aromatic nitrogens is 1. The van der Waals surface area contributed by atoms with Crippen LogP contribution >= 0.6 is 0 Å². The number of nitrogens with zero attached hydrogens (tertiary/aromatic N) is 2. The van der Waals surface area contributed by atoms with Crippen molar-refractivity contribution in [3.05, 3.63) is 66.4 Å². The first-order valence-electron chi connectivity index (χ1n) is 8.90. The zero-order chi connectivity index (χ0) is 17.1. The van der Waals surface area contributed by atoms with Gasteiger partial charge in [-0.25, -0.2) is 0 Å². The fourth-order valence-corrected chi connectivity index (χ4v) is 3.51. The summed E-state index contributed by atoms with van der Waals surface area (Å²) in [5.74, 6) is 0. The fourth-order valence-electron chi connectivity index (χ4n) is 3.51. The van der Waals surface area contributed by atoms with Crippen LogP contribution in [0, 0.1) is 0 Å². The molecule has 0 bridgehead atoms. The average molecular weight is 333 g/mol. The summed E-state index contributed by atoms with van der Waals surface area (Å²) >= 11 is 0. The van der Waals surface area contributed by atoms with Crippen LogP contribution in [0.4, 0.5) is 11.4 Å². The summed E-state index contributed by atoms with van der Waals surface area (Å²) in [5.41, 5.74) is 4.59. The lowest BCUT2D eigenvalue weighted by Gasteiger charge is -2.33. The first-order valence-corrected chi connectivity index (χ1v) is 8.90. The summed E-state index contributed by atoms with van der Waals surface area (Å²) in [4.78, 5) is 6.89. The van der Waals surface area contributed by atoms with Gasteiger partial charge in [0.2, 0.25) is 0 Å². The van der Waals surface area contributed by atoms with E-state index < -0.39 is 0 Å². The van der Waals surface area contributed by atoms with E-state index in [1.54, 1.807) is 0 Å². The molecule has 0 amide bonds. The third kappa shape index (κ3) is 3.44. The van der Waals surface area contributed by atoms with Gasteiger partial charge in [0, 0.05) is 31.2 Å². The molecule has 0 radical (unpaired) electrons. The molecule has 2 aromatic carbocycles. The van der Waals surface area contributed by atoms with Gasteiger partial charge in [0.25, 0.3) is 0 Å². The number of para-hydroxylation sites is 3. The van der Waals surface area contributed by atoms with Crippen LogP contribution in [-0.2, 0) is 6.54 Å². The lowest BCUT2D eigenvalue weighted by Crippen LogP contribution is -2.36. The molecule has 4 rings (SSSR count). The number of hydrogen-bond donors (Lipinski definition) is 2. The Labute approximate surface area is 148 Å². The summed E-state index contributed by atoms with van der Waals surface area (Å²) in [5, 5.41) is 14.5. The van der Waals surface area contributed by atoms with E-state index in [4.69, 9.17) is 0 Å². The molecule has 0 saturated carbocycles. The molecule has 1 saturated heterocycles. The van der Waals surface area contributed by atoms with Gasteiger partial charge < -0.3 is 15.3 Å². The van der Waals surface area contributed by atoms with Crippen molar-refractivity contribution in [1.29, 1.82) is 0 Å². The molecule has 2 N–H and O–H groups in total. The minimum atomic E-state index is -0.155. The van der Waals surface area contributed by atoms with E-state index >= 15 is 0 Å². The number of benzene rings is 2. The molecule has 2 heterocycles. The molecule has 0 aliphatic carbocycles. The molecule has 0 unspecified atom stereocenters. The maximum Gasteiger partial charge on any atom is 0.0751 e. The number of hydrogen-bond acceptors (Lipinski definition) is 4. The summed E-state index contributed by atoms with van der Waals surface area (Å²) in [6, 6.07) is 18.8. The van der Waals surface area contributed by atoms with Crippen LogP contribution in [-0.4, -0.2) is 29.3 Å². The predicted molar refractivity (Wildman–Crippen MR) is 103 cm³/mol. The van der Waals surface area contributed by atoms with Crippen molar-refractivity contribution in [2.45, 2.75) is 25.5 Å². The Morgan fingerprint density at radius 2 is 1.80 bits per heavy atom. The second-order valence-electron chi connectivity index (χ2n) is 6.58. The number of piperidine rings is 1. The quantitative estimate of drug-likeness (QED) is 0.762. The van der Waals surface area contributed by atoms with E-state index in [1.165, 1.54) is 16.6 Å². The average Bonchev–Trinajstić information content (AvgIpc) is 2.67. The van der Waals surface area contributed by atoms with E-state index in [9.17, 15) is 5.11 Å². The van der Waals surface area contributed by atoms with E-state index in [2.05, 4.69) is 63.7 Å². The van der Waals surface area contributed by atoms with E-state index in [0.29, 0.717) is 0 Å². The first-order chi connectivity index (χ1) is 12.3. The number of nitrogens with one attached hydrogen (secondary N) is 1. The van der Waals surface area contributed by atoms with Gasteiger partial charge in [0.15, 0.2) is 0 Å². The lowest BCUT2D eigenvalue weighted by molar-refractivity contribution is 0.145. The fraction of sp³-hybridized carbons (Fsp3) is 0.286. The Bertz CT molecular complexity index is 851. The molecular weight excluding hydrogens is 310 g/mol. The molecule has 1 aliphatic heterocycles. The van der Waals surface area contributed by atoms with Gasteiger partial charge in [-0.3, -0.25) is 4.98 Å². The van der Waals surface area contributed by atoms with Gasteiger partial charge in [-0.05, 0) is 36.6 Å². The SMILES string of the molecule is OC1CCN(c2ccccc2NCc2cccc3cccnc23)CC1. The molecule has 1 fully saturated rings. The molecule has 128 valence electrons. The Balaban J connectivity index is 1.55. The Hall–Kier alpha value is -2.59. The number of rotatable bonds is 4. The van der Waals surface area contributed by atoms with Crippen LogP contribution in [0.2, 0.25) is 0 Å². The number of pyridine rings is 1. The van der Waals surface area contributed by atoms with E-state index in [1.807, 2.05) is 12.3 Å². The zero-order valence-corrected chi connectivity index (χ0v) is 14.2. The molecule has 3 aromatic rings. The molecule has 25 heavy (non-hydrogen) atoms. The Morgan fingerprint density at radius 1 is 1.00 bits per heavy atom. The van der Waals surface area contributed by atoms with Crippen LogP contribution in [0.25, 0.3) is 10.9 Å². The third-order valence-corrected chi connectivity index (χ3v) is 4.89. The van der Waals surface area contributed by atoms with Gasteiger partial charge in [0.05, 0.1) is 23.0 Å². The minimum Gasteiger partial charge on any atom is -0.393 e. The van der Waals surface area contributed by atoms with Gasteiger partial charge in [-0.2, -0.15) is 0 Å². The second-order valence-corrected chi connectivity index (χ2v) is 6.58. The highest BCUT2D eigenvalue weighted by Crippen LogP contribution is 2.29. The van der Waals surface area contributed by atoms with Crippen molar-refractivity contribution in [3.63, 3.8) is 0 Å². The summed E-state index contributed by atoms with van der Waals surface area (Å²) in [6.45, 7) is 2.53. The van der Waals surface area contributed by atoms with Gasteiger partial charge in [-0.15, -0.1) is 0 Å². The highest BCUT2D eigenvalue weighted by Gasteiger charge is 2.19. The number of anilines is 2. The third-order valence-electron chi connectivity index (χ3n) is 4.89. The topological polar surface area (TPSA) is 48.4 Å². The molecule has 4 heteroatoms. The van der Waals surface area contributed by atoms with Crippen molar-refractivity contribution in [2.24, 2.45) is 0 Å². The highest BCUT2D eigenvalue weighted by molar-refractivity contribution is 5.82. The number of fused-ring (bicyclic) bond motifs is 1. The van der Waals surface area contributed by atoms with Crippen molar-refractivity contribution < 1.29 is 5.11 Å². The standard InChI is InChI=1S/C21H23N3O/c25-18-10-13-24(14-11-18)20-9-2-1-8-19(20)23-15-17-6-3-5-16-7-4-12-22-21(16)17/h1-9,12,18,23,25H,10-11,13-15H2. The Morgan fingerprint density at radius 3 is 2.68 bits per heavy atom. The maximum absolute atomic E-state index is 9.75. The lowest BCUT2D eigenvalue weighted by atomic mass is 10.1. The maximum atomic E-state index is 9.75. The van der Waals surface area contributed by atoms with Crippen molar-refractivity contribution in [3.8, 4) is 0 Å². The molecule has 0 spiro atoms. The summed E-state index contributed by atoms with van der Waals surface area (Å²) < 4.78 is 0. The second kappa shape index (κ2) is 7.11. The van der Waals surface area contributed by atoms with Crippen LogP contribution in [0.3, 0.4) is 0 Å². The van der Waals surface area contributed by atoms with Gasteiger partial charge in [0.1, 0.15) is 0 Å². The van der Waals surface area contributed by atoms with Crippen molar-refractivity contribution in [2.75, 3.05) is 23.3 Å². The van der Waals surface area contributed by atoms with Gasteiger partial charge >= 0.3 is 0 Å². The highest BCUT2D eigenvalue weighted by atomic mass is 16.3. The zero-order valence-electron chi connectivity index (χ0n) is 14.2. The van der Waals surface area contributed by atoms with Crippen LogP contribution in [0.15, 0.2) is 60.8 Å². The first kappa shape index (κ1) is 15.9. The van der Waals surface area contributed by atoms with Crippen molar-refractivity contribution in [1.82, 2.24) is 4.98 Å². The normalized spacial score (nSPS) is 15.5. The number of aliphatic hydroxyl groups is 1. The largest absolute Gasteiger partial charge is 0.393 e. The van der Waals surface area contributed by atoms with E-state index in [0.717, 1.165) is 43.7 Å². The molecule has 1 aliphatic rings. The Kier molecular flexibility index (Phi) is 4.53. The van der Waals surface area contributed by atoms with Crippen molar-refractivity contribution >= 4 is 22.3 Å². The number of aliphatic hydroxyl groups excluding tert-OH is 1. The molecule has 4 nitrogen and oxygen atoms in total. The van der Waals surface area contributed by atoms with Crippen LogP contribution < -0.4 is 10.2 Å². The predicted octanol–water partition coefficient (Wildman–Crippen LogP) is 3.81. The summed E-state index contributed by atoms with van der Waals surface area (Å²) in [7, 11) is 0. The van der Waals surface area contributed by atoms with Crippen LogP contribution in [0.1, 0.15) is 18.4 Å². The molecular formula is C21H23N3O. The van der Waals surface area contributed by atoms with Crippen LogP contribution in [0.5, 0.6) is 0 Å². The monoisotopic (exact) mass is 333 g/mol. The van der Waals surface area contributed by atoms with Gasteiger partial charge in [-0.1, -0.05) is 36.4 Å². The summed E-state index contributed by atoms with van der Waals surface area (Å²) in [6.07, 6.45) is 3.36. The van der Waals surface area contributed by atoms with E-state index in [-0.39, 0.29) is 6.10 Å². The molecule has 1 aromatic heterocycles. The smallest absolute Gasteiger partial charge is 0.0751 e. The molecule has 0 atom stereocenters.